The van der Waals surface area contributed by atoms with Crippen LogP contribution < -0.4 is 5.32 Å². The van der Waals surface area contributed by atoms with Crippen LogP contribution in [0.15, 0.2) is 21.9 Å². The summed E-state index contributed by atoms with van der Waals surface area (Å²) in [6, 6.07) is 4.30. The highest BCUT2D eigenvalue weighted by atomic mass is 32.2. The van der Waals surface area contributed by atoms with Crippen LogP contribution in [0.5, 0.6) is 0 Å². The predicted octanol–water partition coefficient (Wildman–Crippen LogP) is 3.09. The van der Waals surface area contributed by atoms with Crippen molar-refractivity contribution in [3.63, 3.8) is 0 Å². The Kier molecular flexibility index (Phi) is 6.13. The van der Waals surface area contributed by atoms with Gasteiger partial charge < -0.3 is 5.32 Å². The van der Waals surface area contributed by atoms with Crippen LogP contribution in [0.2, 0.25) is 0 Å². The van der Waals surface area contributed by atoms with Crippen LogP contribution >= 0.6 is 34.6 Å². The van der Waals surface area contributed by atoms with Gasteiger partial charge in [0.25, 0.3) is 0 Å². The first kappa shape index (κ1) is 14.0. The number of nitrogens with one attached hydrogen (secondary N) is 1. The van der Waals surface area contributed by atoms with Gasteiger partial charge >= 0.3 is 0 Å². The Morgan fingerprint density at radius 3 is 3.06 bits per heavy atom. The van der Waals surface area contributed by atoms with Crippen LogP contribution in [-0.4, -0.2) is 28.2 Å². The summed E-state index contributed by atoms with van der Waals surface area (Å²) in [4.78, 5) is 5.88. The van der Waals surface area contributed by atoms with Gasteiger partial charge in [0.2, 0.25) is 0 Å². The topological polar surface area (TPSA) is 37.8 Å². The van der Waals surface area contributed by atoms with Crippen LogP contribution in [0.3, 0.4) is 0 Å². The van der Waals surface area contributed by atoms with Crippen LogP contribution in [-0.2, 0) is 12.8 Å². The Morgan fingerprint density at radius 2 is 2.33 bits per heavy atom. The van der Waals surface area contributed by atoms with Crippen molar-refractivity contribution >= 4 is 34.6 Å². The fourth-order valence-corrected chi connectivity index (χ4v) is 3.81. The number of thiophene rings is 1. The number of hydrogen-bond acceptors (Lipinski definition) is 6. The van der Waals surface area contributed by atoms with Gasteiger partial charge in [-0.1, -0.05) is 24.8 Å². The Morgan fingerprint density at radius 1 is 1.39 bits per heavy atom. The zero-order valence-electron chi connectivity index (χ0n) is 10.4. The van der Waals surface area contributed by atoms with Gasteiger partial charge in [0, 0.05) is 23.6 Å². The molecular weight excluding hydrogens is 282 g/mol. The highest BCUT2D eigenvalue weighted by Crippen LogP contribution is 2.19. The van der Waals surface area contributed by atoms with E-state index < -0.39 is 0 Å². The fourth-order valence-electron chi connectivity index (χ4n) is 1.44. The average molecular weight is 299 g/mol. The molecule has 0 fully saturated rings. The first-order chi connectivity index (χ1) is 8.88. The van der Waals surface area contributed by atoms with Crippen LogP contribution in [0.1, 0.15) is 17.6 Å². The van der Waals surface area contributed by atoms with Gasteiger partial charge in [-0.25, -0.2) is 4.98 Å². The minimum absolute atomic E-state index is 0.927. The van der Waals surface area contributed by atoms with Crippen LogP contribution in [0.4, 0.5) is 0 Å². The molecule has 0 aliphatic rings. The van der Waals surface area contributed by atoms with E-state index >= 15 is 0 Å². The van der Waals surface area contributed by atoms with Crippen molar-refractivity contribution in [3.8, 4) is 0 Å². The maximum atomic E-state index is 4.43. The smallest absolute Gasteiger partial charge is 0.170 e. The van der Waals surface area contributed by atoms with Crippen molar-refractivity contribution < 1.29 is 0 Å². The Balaban J connectivity index is 1.53. The van der Waals surface area contributed by atoms with Gasteiger partial charge in [-0.3, -0.25) is 0 Å². The second-order valence-corrected chi connectivity index (χ2v) is 6.88. The standard InChI is InChI=1S/C12H17N3S3/c1-2-11-14-12(18-15-11)17-9-7-13-6-5-10-4-3-8-16-10/h3-4,8,13H,2,5-7,9H2,1H3. The summed E-state index contributed by atoms with van der Waals surface area (Å²) in [5.74, 6) is 2.02. The van der Waals surface area contributed by atoms with Crippen LogP contribution in [0, 0.1) is 0 Å². The molecule has 0 aliphatic carbocycles. The molecule has 0 unspecified atom stereocenters. The molecule has 0 amide bonds. The summed E-state index contributed by atoms with van der Waals surface area (Å²) >= 11 is 5.13. The largest absolute Gasteiger partial charge is 0.316 e. The SMILES string of the molecule is CCc1nsc(SCCNCCc2cccs2)n1. The molecule has 2 aromatic heterocycles. The minimum atomic E-state index is 0.927. The second-order valence-electron chi connectivity index (χ2n) is 3.76. The van der Waals surface area contributed by atoms with Crippen molar-refractivity contribution in [2.75, 3.05) is 18.8 Å². The van der Waals surface area contributed by atoms with E-state index in [1.807, 2.05) is 11.3 Å². The Bertz CT molecular complexity index is 439. The summed E-state index contributed by atoms with van der Waals surface area (Å²) in [6.45, 7) is 4.16. The first-order valence-electron chi connectivity index (χ1n) is 6.07. The lowest BCUT2D eigenvalue weighted by Gasteiger charge is -2.01. The van der Waals surface area contributed by atoms with E-state index in [9.17, 15) is 0 Å². The molecular formula is C12H17N3S3. The van der Waals surface area contributed by atoms with Gasteiger partial charge in [0.15, 0.2) is 4.34 Å². The zero-order chi connectivity index (χ0) is 12.6. The monoisotopic (exact) mass is 299 g/mol. The van der Waals surface area contributed by atoms with E-state index in [1.54, 1.807) is 11.8 Å². The lowest BCUT2D eigenvalue weighted by atomic mass is 10.3. The maximum Gasteiger partial charge on any atom is 0.170 e. The summed E-state index contributed by atoms with van der Waals surface area (Å²) in [7, 11) is 0. The quantitative estimate of drug-likeness (QED) is 0.600. The Labute approximate surface area is 120 Å². The minimum Gasteiger partial charge on any atom is -0.316 e. The second kappa shape index (κ2) is 7.89. The fraction of sp³-hybridized carbons (Fsp3) is 0.500. The van der Waals surface area contributed by atoms with Crippen molar-refractivity contribution in [2.45, 2.75) is 24.1 Å². The predicted molar refractivity (Wildman–Crippen MR) is 80.9 cm³/mol. The molecule has 0 saturated carbocycles. The molecule has 2 aromatic rings. The third-order valence-electron chi connectivity index (χ3n) is 2.40. The lowest BCUT2D eigenvalue weighted by Crippen LogP contribution is -2.19. The molecule has 0 radical (unpaired) electrons. The number of aryl methyl sites for hydroxylation is 1. The molecule has 0 bridgehead atoms. The van der Waals surface area contributed by atoms with Gasteiger partial charge in [-0.15, -0.1) is 11.3 Å². The third kappa shape index (κ3) is 4.68. The molecule has 3 nitrogen and oxygen atoms in total. The van der Waals surface area contributed by atoms with Gasteiger partial charge in [0.1, 0.15) is 5.82 Å². The lowest BCUT2D eigenvalue weighted by molar-refractivity contribution is 0.725. The molecule has 0 aromatic carbocycles. The van der Waals surface area contributed by atoms with E-state index in [4.69, 9.17) is 0 Å². The molecule has 0 spiro atoms. The number of hydrogen-bond donors (Lipinski definition) is 1. The molecule has 2 heterocycles. The molecule has 0 aliphatic heterocycles. The van der Waals surface area contributed by atoms with E-state index in [-0.39, 0.29) is 0 Å². The summed E-state index contributed by atoms with van der Waals surface area (Å²) in [5, 5.41) is 5.59. The average Bonchev–Trinajstić information content (AvgIpc) is 3.04. The molecule has 18 heavy (non-hydrogen) atoms. The molecule has 1 N–H and O–H groups in total. The van der Waals surface area contributed by atoms with Gasteiger partial charge in [-0.05, 0) is 35.9 Å². The first-order valence-corrected chi connectivity index (χ1v) is 8.71. The number of aromatic nitrogens is 2. The number of rotatable bonds is 8. The molecule has 0 atom stereocenters. The van der Waals surface area contributed by atoms with E-state index in [0.717, 1.165) is 41.8 Å². The van der Waals surface area contributed by atoms with E-state index in [1.165, 1.54) is 16.4 Å². The zero-order valence-corrected chi connectivity index (χ0v) is 12.8. The molecule has 6 heteroatoms. The summed E-state index contributed by atoms with van der Waals surface area (Å²) in [6.07, 6.45) is 2.05. The summed E-state index contributed by atoms with van der Waals surface area (Å²) < 4.78 is 5.36. The highest BCUT2D eigenvalue weighted by Gasteiger charge is 2.02. The third-order valence-corrected chi connectivity index (χ3v) is 5.21. The Hall–Kier alpha value is -0.430. The maximum absolute atomic E-state index is 4.43. The molecule has 98 valence electrons. The van der Waals surface area contributed by atoms with Gasteiger partial charge in [0.05, 0.1) is 0 Å². The van der Waals surface area contributed by atoms with Crippen molar-refractivity contribution in [1.29, 1.82) is 0 Å². The van der Waals surface area contributed by atoms with E-state index in [0.29, 0.717) is 0 Å². The highest BCUT2D eigenvalue weighted by molar-refractivity contribution is 8.00. The van der Waals surface area contributed by atoms with Gasteiger partial charge in [-0.2, -0.15) is 4.37 Å². The van der Waals surface area contributed by atoms with Crippen LogP contribution in [0.25, 0.3) is 0 Å². The normalized spacial score (nSPS) is 10.9. The number of thioether (sulfide) groups is 1. The molecule has 0 saturated heterocycles. The van der Waals surface area contributed by atoms with Crippen molar-refractivity contribution in [1.82, 2.24) is 14.7 Å². The van der Waals surface area contributed by atoms with Crippen molar-refractivity contribution in [2.24, 2.45) is 0 Å². The number of nitrogens with zero attached hydrogens (tertiary/aromatic N) is 2. The van der Waals surface area contributed by atoms with Crippen molar-refractivity contribution in [3.05, 3.63) is 28.2 Å². The molecule has 2 rings (SSSR count). The summed E-state index contributed by atoms with van der Waals surface area (Å²) in [5.41, 5.74) is 0. The van der Waals surface area contributed by atoms with E-state index in [2.05, 4.69) is 39.1 Å².